The number of nitrogens with two attached hydrogens (primary N) is 1. The molecule has 4 heteroatoms. The first kappa shape index (κ1) is 13.3. The Labute approximate surface area is 112 Å². The number of rotatable bonds is 4. The van der Waals surface area contributed by atoms with Gasteiger partial charge in [0, 0.05) is 13.7 Å². The van der Waals surface area contributed by atoms with Crippen molar-refractivity contribution in [3.8, 4) is 0 Å². The molecule has 1 saturated heterocycles. The van der Waals surface area contributed by atoms with Crippen molar-refractivity contribution in [1.82, 2.24) is 4.57 Å². The summed E-state index contributed by atoms with van der Waals surface area (Å²) in [7, 11) is 1.49. The van der Waals surface area contributed by atoms with Crippen molar-refractivity contribution in [2.45, 2.75) is 25.1 Å². The molecule has 0 bridgehead atoms. The quantitative estimate of drug-likeness (QED) is 0.661. The lowest BCUT2D eigenvalue weighted by atomic mass is 10.1. The van der Waals surface area contributed by atoms with Gasteiger partial charge in [0.15, 0.2) is 5.72 Å². The van der Waals surface area contributed by atoms with Gasteiger partial charge in [-0.2, -0.15) is 0 Å². The molecule has 1 unspecified atom stereocenters. The molecule has 1 fully saturated rings. The molecule has 0 amide bonds. The van der Waals surface area contributed by atoms with Gasteiger partial charge < -0.3 is 9.30 Å². The Bertz CT molecular complexity index is 411. The maximum Gasteiger partial charge on any atom is 0.153 e. The van der Waals surface area contributed by atoms with Crippen molar-refractivity contribution in [3.05, 3.63) is 41.6 Å². The molecular weight excluding hydrogens is 240 g/mol. The first-order valence-corrected chi connectivity index (χ1v) is 8.13. The highest BCUT2D eigenvalue weighted by molar-refractivity contribution is 6.33. The fourth-order valence-corrected chi connectivity index (χ4v) is 4.24. The number of ether oxygens (including phenoxy) is 1. The van der Waals surface area contributed by atoms with Crippen molar-refractivity contribution in [2.75, 3.05) is 13.7 Å². The summed E-state index contributed by atoms with van der Waals surface area (Å²) in [5, 5.41) is 0. The van der Waals surface area contributed by atoms with Gasteiger partial charge in [-0.1, -0.05) is 30.3 Å². The molecule has 98 valence electrons. The molecule has 1 atom stereocenters. The summed E-state index contributed by atoms with van der Waals surface area (Å²) in [5.41, 5.74) is 7.88. The normalized spacial score (nSPS) is 21.3. The van der Waals surface area contributed by atoms with Crippen molar-refractivity contribution >= 4 is 15.8 Å². The van der Waals surface area contributed by atoms with Gasteiger partial charge in [-0.05, 0) is 31.0 Å². The molecule has 18 heavy (non-hydrogen) atoms. The molecule has 0 spiro atoms. The molecule has 1 aliphatic rings. The maximum absolute atomic E-state index is 6.28. The molecule has 3 nitrogen and oxygen atoms in total. The summed E-state index contributed by atoms with van der Waals surface area (Å²) in [5.74, 6) is 0. The average Bonchev–Trinajstić information content (AvgIpc) is 2.90. The fourth-order valence-electron chi connectivity index (χ4n) is 2.32. The topological polar surface area (TPSA) is 38.5 Å². The molecule has 1 heterocycles. The second kappa shape index (κ2) is 5.69. The van der Waals surface area contributed by atoms with E-state index in [-0.39, 0.29) is 9.68 Å². The monoisotopic (exact) mass is 262 g/mol. The minimum absolute atomic E-state index is 0.190. The van der Waals surface area contributed by atoms with E-state index in [0.717, 1.165) is 12.2 Å². The van der Waals surface area contributed by atoms with Crippen LogP contribution >= 0.6 is 0 Å². The third-order valence-corrected chi connectivity index (χ3v) is 5.50. The van der Waals surface area contributed by atoms with E-state index in [1.807, 2.05) is 25.1 Å². The number of benzene rings is 1. The Morgan fingerprint density at radius 2 is 2.17 bits per heavy atom. The largest absolute Gasteiger partial charge is 0.403 e. The van der Waals surface area contributed by atoms with Gasteiger partial charge in [-0.3, -0.25) is 5.73 Å². The molecule has 0 aliphatic carbocycles. The van der Waals surface area contributed by atoms with E-state index in [9.17, 15) is 0 Å². The van der Waals surface area contributed by atoms with Crippen molar-refractivity contribution in [1.29, 1.82) is 0 Å². The Hall–Kier alpha value is -1.10. The first-order chi connectivity index (χ1) is 8.63. The van der Waals surface area contributed by atoms with Crippen molar-refractivity contribution < 1.29 is 4.74 Å². The van der Waals surface area contributed by atoms with Gasteiger partial charge in [0.1, 0.15) is 9.68 Å². The first-order valence-electron chi connectivity index (χ1n) is 6.50. The van der Waals surface area contributed by atoms with Crippen molar-refractivity contribution in [3.63, 3.8) is 0 Å². The van der Waals surface area contributed by atoms with Crippen LogP contribution < -0.4 is 5.73 Å². The summed E-state index contributed by atoms with van der Waals surface area (Å²) in [6.07, 6.45) is 3.46. The average molecular weight is 262 g/mol. The van der Waals surface area contributed by atoms with Crippen LogP contribution in [0, 0.1) is 0 Å². The summed E-state index contributed by atoms with van der Waals surface area (Å²) in [4.78, 5) is 0. The third kappa shape index (κ3) is 3.01. The molecule has 0 radical (unpaired) electrons. The van der Waals surface area contributed by atoms with Crippen LogP contribution in [-0.2, 0) is 4.74 Å². The smallest absolute Gasteiger partial charge is 0.153 e. The molecule has 1 aromatic carbocycles. The van der Waals surface area contributed by atoms with Crippen LogP contribution in [0.25, 0.3) is 6.08 Å². The van der Waals surface area contributed by atoms with Crippen LogP contribution in [0.15, 0.2) is 36.0 Å². The Balaban J connectivity index is 2.32. The van der Waals surface area contributed by atoms with E-state index in [1.165, 1.54) is 18.0 Å². The molecule has 2 N–H and O–H groups in total. The Morgan fingerprint density at radius 3 is 2.72 bits per heavy atom. The molecule has 1 aromatic rings. The van der Waals surface area contributed by atoms with Crippen molar-refractivity contribution in [2.24, 2.45) is 5.73 Å². The highest BCUT2D eigenvalue weighted by atomic mass is 28.2. The van der Waals surface area contributed by atoms with E-state index in [0.29, 0.717) is 0 Å². The van der Waals surface area contributed by atoms with E-state index >= 15 is 0 Å². The number of hydrogen-bond acceptors (Lipinski definition) is 3. The third-order valence-electron chi connectivity index (χ3n) is 3.48. The van der Waals surface area contributed by atoms with Gasteiger partial charge in [0.2, 0.25) is 0 Å². The van der Waals surface area contributed by atoms with E-state index in [4.69, 9.17) is 10.5 Å². The lowest BCUT2D eigenvalue weighted by Crippen LogP contribution is -2.46. The summed E-state index contributed by atoms with van der Waals surface area (Å²) in [6.45, 7) is 3.07. The van der Waals surface area contributed by atoms with E-state index in [2.05, 4.69) is 22.8 Å². The SMILES string of the molecule is COC(C)(N)C(=Cc1ccccc1)N1CCC[SiH2]1. The summed E-state index contributed by atoms with van der Waals surface area (Å²) >= 11 is 0. The van der Waals surface area contributed by atoms with Crippen LogP contribution in [0.2, 0.25) is 6.04 Å². The highest BCUT2D eigenvalue weighted by Gasteiger charge is 2.29. The van der Waals surface area contributed by atoms with Crippen LogP contribution in [0.4, 0.5) is 0 Å². The number of hydrogen-bond donors (Lipinski definition) is 1. The number of nitrogens with zero attached hydrogens (tertiary/aromatic N) is 1. The van der Waals surface area contributed by atoms with Crippen LogP contribution in [0.1, 0.15) is 18.9 Å². The van der Waals surface area contributed by atoms with Gasteiger partial charge in [0.25, 0.3) is 0 Å². The van der Waals surface area contributed by atoms with Gasteiger partial charge in [-0.25, -0.2) is 0 Å². The number of methoxy groups -OCH3 is 1. The van der Waals surface area contributed by atoms with Gasteiger partial charge in [0.05, 0.1) is 5.70 Å². The van der Waals surface area contributed by atoms with Crippen LogP contribution in [0.3, 0.4) is 0 Å². The fraction of sp³-hybridized carbons (Fsp3) is 0.429. The second-order valence-electron chi connectivity index (χ2n) is 4.95. The molecule has 2 rings (SSSR count). The van der Waals surface area contributed by atoms with Crippen LogP contribution in [0.5, 0.6) is 0 Å². The predicted octanol–water partition coefficient (Wildman–Crippen LogP) is 1.56. The molecule has 0 aromatic heterocycles. The molecular formula is C14H22N2OSi. The second-order valence-corrected chi connectivity index (χ2v) is 6.86. The van der Waals surface area contributed by atoms with Crippen LogP contribution in [-0.4, -0.2) is 33.6 Å². The Kier molecular flexibility index (Phi) is 4.22. The zero-order valence-electron chi connectivity index (χ0n) is 11.2. The zero-order valence-corrected chi connectivity index (χ0v) is 12.6. The summed E-state index contributed by atoms with van der Waals surface area (Å²) < 4.78 is 7.94. The minimum Gasteiger partial charge on any atom is -0.403 e. The minimum atomic E-state index is -0.701. The Morgan fingerprint density at radius 1 is 1.44 bits per heavy atom. The van der Waals surface area contributed by atoms with E-state index < -0.39 is 5.72 Å². The highest BCUT2D eigenvalue weighted by Crippen LogP contribution is 2.25. The molecule has 1 aliphatic heterocycles. The predicted molar refractivity (Wildman–Crippen MR) is 78.7 cm³/mol. The zero-order chi connectivity index (χ0) is 13.0. The molecule has 0 saturated carbocycles. The lowest BCUT2D eigenvalue weighted by Gasteiger charge is -2.34. The standard InChI is InChI=1S/C14H22N2OSi/c1-14(15,17-2)13(16-9-6-10-18-16)11-12-7-4-3-5-8-12/h3-5,7-8,11H,6,9-10,15,18H2,1-2H3. The lowest BCUT2D eigenvalue weighted by molar-refractivity contribution is 0.0307. The van der Waals surface area contributed by atoms with Gasteiger partial charge in [-0.15, -0.1) is 0 Å². The summed E-state index contributed by atoms with van der Waals surface area (Å²) in [6, 6.07) is 11.7. The van der Waals surface area contributed by atoms with E-state index in [1.54, 1.807) is 7.11 Å². The maximum atomic E-state index is 6.28. The van der Waals surface area contributed by atoms with Gasteiger partial charge >= 0.3 is 0 Å².